The van der Waals surface area contributed by atoms with Gasteiger partial charge in [-0.05, 0) is 25.7 Å². The lowest BCUT2D eigenvalue weighted by Crippen LogP contribution is -2.26. The number of rotatable bonds is 3. The van der Waals surface area contributed by atoms with Crippen LogP contribution in [0.4, 0.5) is 0 Å². The number of hydrogen-bond acceptors (Lipinski definition) is 4. The minimum atomic E-state index is -0.149. The highest BCUT2D eigenvalue weighted by Crippen LogP contribution is 2.26. The molecule has 0 radical (unpaired) electrons. The molecule has 0 N–H and O–H groups in total. The van der Waals surface area contributed by atoms with Crippen LogP contribution in [-0.4, -0.2) is 25.7 Å². The number of carbonyl (C=O) groups excluding carboxylic acids is 2. The molecule has 74 valence electrons. The van der Waals surface area contributed by atoms with Crippen molar-refractivity contribution in [2.24, 2.45) is 5.92 Å². The topological polar surface area (TPSA) is 52.6 Å². The third-order valence-electron chi connectivity index (χ3n) is 2.46. The molecule has 1 aliphatic carbocycles. The number of hydrogen-bond donors (Lipinski definition) is 0. The molecule has 0 aliphatic heterocycles. The second-order valence-corrected chi connectivity index (χ2v) is 3.23. The van der Waals surface area contributed by atoms with E-state index in [-0.39, 0.29) is 18.0 Å². The van der Waals surface area contributed by atoms with Gasteiger partial charge in [0, 0.05) is 0 Å². The Balaban J connectivity index is 2.30. The van der Waals surface area contributed by atoms with E-state index in [0.717, 1.165) is 25.7 Å². The summed E-state index contributed by atoms with van der Waals surface area (Å²) in [4.78, 5) is 21.1. The monoisotopic (exact) mass is 186 g/mol. The minimum absolute atomic E-state index is 0.00148. The van der Waals surface area contributed by atoms with E-state index in [9.17, 15) is 9.59 Å². The van der Waals surface area contributed by atoms with Crippen molar-refractivity contribution in [3.8, 4) is 0 Å². The summed E-state index contributed by atoms with van der Waals surface area (Å²) < 4.78 is 9.45. The predicted molar refractivity (Wildman–Crippen MR) is 44.9 cm³/mol. The van der Waals surface area contributed by atoms with Gasteiger partial charge >= 0.3 is 5.97 Å². The molecular weight excluding hydrogens is 172 g/mol. The summed E-state index contributed by atoms with van der Waals surface area (Å²) in [5, 5.41) is 0. The molecule has 0 aromatic rings. The fraction of sp³-hybridized carbons (Fsp3) is 0.778. The SMILES string of the molecule is COC(=O)C1CCC(OC=O)CC1. The summed E-state index contributed by atoms with van der Waals surface area (Å²) >= 11 is 0. The van der Waals surface area contributed by atoms with Crippen LogP contribution >= 0.6 is 0 Å². The van der Waals surface area contributed by atoms with E-state index in [2.05, 4.69) is 4.74 Å². The van der Waals surface area contributed by atoms with E-state index in [0.29, 0.717) is 6.47 Å². The summed E-state index contributed by atoms with van der Waals surface area (Å²) in [6, 6.07) is 0. The van der Waals surface area contributed by atoms with Gasteiger partial charge in [0.1, 0.15) is 6.10 Å². The number of esters is 1. The Labute approximate surface area is 77.2 Å². The zero-order valence-corrected chi connectivity index (χ0v) is 7.69. The molecule has 4 heteroatoms. The molecule has 1 saturated carbocycles. The third-order valence-corrected chi connectivity index (χ3v) is 2.46. The van der Waals surface area contributed by atoms with Crippen LogP contribution < -0.4 is 0 Å². The van der Waals surface area contributed by atoms with Crippen LogP contribution in [0.5, 0.6) is 0 Å². The molecule has 0 aromatic heterocycles. The third kappa shape index (κ3) is 2.72. The van der Waals surface area contributed by atoms with Crippen LogP contribution in [0.3, 0.4) is 0 Å². The highest BCUT2D eigenvalue weighted by Gasteiger charge is 2.27. The quantitative estimate of drug-likeness (QED) is 0.485. The molecule has 4 nitrogen and oxygen atoms in total. The maximum Gasteiger partial charge on any atom is 0.308 e. The van der Waals surface area contributed by atoms with Crippen molar-refractivity contribution in [2.75, 3.05) is 7.11 Å². The predicted octanol–water partition coefficient (Wildman–Crippen LogP) is 0.891. The van der Waals surface area contributed by atoms with Crippen LogP contribution in [-0.2, 0) is 19.1 Å². The van der Waals surface area contributed by atoms with E-state index in [1.807, 2.05) is 0 Å². The fourth-order valence-corrected chi connectivity index (χ4v) is 1.68. The first-order valence-electron chi connectivity index (χ1n) is 4.45. The molecule has 1 aliphatic rings. The van der Waals surface area contributed by atoms with Crippen molar-refractivity contribution in [1.29, 1.82) is 0 Å². The Bertz CT molecular complexity index is 182. The zero-order chi connectivity index (χ0) is 9.68. The second kappa shape index (κ2) is 4.84. The molecule has 0 amide bonds. The second-order valence-electron chi connectivity index (χ2n) is 3.23. The first-order valence-corrected chi connectivity index (χ1v) is 4.45. The van der Waals surface area contributed by atoms with Gasteiger partial charge in [-0.25, -0.2) is 0 Å². The van der Waals surface area contributed by atoms with Crippen LogP contribution in [0.15, 0.2) is 0 Å². The van der Waals surface area contributed by atoms with Gasteiger partial charge < -0.3 is 9.47 Å². The minimum Gasteiger partial charge on any atom is -0.469 e. The van der Waals surface area contributed by atoms with Gasteiger partial charge in [0.2, 0.25) is 0 Å². The molecule has 0 spiro atoms. The average Bonchev–Trinajstić information content (AvgIpc) is 2.18. The summed E-state index contributed by atoms with van der Waals surface area (Å²) in [6.45, 7) is 0.475. The molecule has 0 heterocycles. The van der Waals surface area contributed by atoms with Gasteiger partial charge in [0.25, 0.3) is 6.47 Å². The van der Waals surface area contributed by atoms with Crippen LogP contribution in [0.1, 0.15) is 25.7 Å². The Morgan fingerprint density at radius 3 is 2.38 bits per heavy atom. The van der Waals surface area contributed by atoms with Crippen molar-refractivity contribution in [3.63, 3.8) is 0 Å². The van der Waals surface area contributed by atoms with Gasteiger partial charge in [-0.2, -0.15) is 0 Å². The van der Waals surface area contributed by atoms with Crippen molar-refractivity contribution in [2.45, 2.75) is 31.8 Å². The van der Waals surface area contributed by atoms with Crippen LogP contribution in [0.2, 0.25) is 0 Å². The Morgan fingerprint density at radius 1 is 1.31 bits per heavy atom. The van der Waals surface area contributed by atoms with E-state index in [4.69, 9.17) is 4.74 Å². The molecule has 1 fully saturated rings. The number of ether oxygens (including phenoxy) is 2. The van der Waals surface area contributed by atoms with Crippen molar-refractivity contribution >= 4 is 12.4 Å². The normalized spacial score (nSPS) is 27.8. The van der Waals surface area contributed by atoms with E-state index >= 15 is 0 Å². The summed E-state index contributed by atoms with van der Waals surface area (Å²) in [6.07, 6.45) is 3.03. The molecule has 0 saturated heterocycles. The average molecular weight is 186 g/mol. The lowest BCUT2D eigenvalue weighted by atomic mass is 9.87. The summed E-state index contributed by atoms with van der Waals surface area (Å²) in [5.41, 5.74) is 0. The van der Waals surface area contributed by atoms with Crippen molar-refractivity contribution in [3.05, 3.63) is 0 Å². The first kappa shape index (κ1) is 10.0. The number of carbonyl (C=O) groups is 2. The lowest BCUT2D eigenvalue weighted by Gasteiger charge is -2.25. The fourth-order valence-electron chi connectivity index (χ4n) is 1.68. The highest BCUT2D eigenvalue weighted by atomic mass is 16.5. The van der Waals surface area contributed by atoms with Gasteiger partial charge in [-0.15, -0.1) is 0 Å². The maximum absolute atomic E-state index is 11.1. The Kier molecular flexibility index (Phi) is 3.73. The van der Waals surface area contributed by atoms with Gasteiger partial charge in [0.05, 0.1) is 13.0 Å². The van der Waals surface area contributed by atoms with Crippen molar-refractivity contribution in [1.82, 2.24) is 0 Å². The Morgan fingerprint density at radius 2 is 1.92 bits per heavy atom. The summed E-state index contributed by atoms with van der Waals surface area (Å²) in [7, 11) is 1.40. The molecule has 0 atom stereocenters. The summed E-state index contributed by atoms with van der Waals surface area (Å²) in [5.74, 6) is -0.152. The lowest BCUT2D eigenvalue weighted by molar-refractivity contribution is -0.148. The highest BCUT2D eigenvalue weighted by molar-refractivity contribution is 5.72. The van der Waals surface area contributed by atoms with Crippen LogP contribution in [0.25, 0.3) is 0 Å². The Hall–Kier alpha value is -1.06. The van der Waals surface area contributed by atoms with E-state index in [1.165, 1.54) is 7.11 Å². The van der Waals surface area contributed by atoms with Gasteiger partial charge in [0.15, 0.2) is 0 Å². The van der Waals surface area contributed by atoms with Crippen LogP contribution in [0, 0.1) is 5.92 Å². The number of methoxy groups -OCH3 is 1. The maximum atomic E-state index is 11.1. The zero-order valence-electron chi connectivity index (χ0n) is 7.69. The molecule has 0 unspecified atom stereocenters. The van der Waals surface area contributed by atoms with Crippen molar-refractivity contribution < 1.29 is 19.1 Å². The van der Waals surface area contributed by atoms with E-state index in [1.54, 1.807) is 0 Å². The molecular formula is C9H14O4. The largest absolute Gasteiger partial charge is 0.469 e. The van der Waals surface area contributed by atoms with Gasteiger partial charge in [-0.1, -0.05) is 0 Å². The van der Waals surface area contributed by atoms with Gasteiger partial charge in [-0.3, -0.25) is 9.59 Å². The first-order chi connectivity index (χ1) is 6.27. The smallest absolute Gasteiger partial charge is 0.308 e. The standard InChI is InChI=1S/C9H14O4/c1-12-9(11)7-2-4-8(5-3-7)13-6-10/h6-8H,2-5H2,1H3. The molecule has 13 heavy (non-hydrogen) atoms. The molecule has 0 aromatic carbocycles. The molecule has 1 rings (SSSR count). The molecule has 0 bridgehead atoms. The van der Waals surface area contributed by atoms with E-state index < -0.39 is 0 Å².